The van der Waals surface area contributed by atoms with Gasteiger partial charge in [0.05, 0.1) is 0 Å². The molecule has 1 atom stereocenters. The van der Waals surface area contributed by atoms with Crippen molar-refractivity contribution in [2.45, 2.75) is 25.3 Å². The summed E-state index contributed by atoms with van der Waals surface area (Å²) in [6.07, 6.45) is 3.80. The smallest absolute Gasteiger partial charge is 0.228 e. The normalized spacial score (nSPS) is 22.6. The Morgan fingerprint density at radius 2 is 2.50 bits per heavy atom. The van der Waals surface area contributed by atoms with Crippen LogP contribution in [0.25, 0.3) is 0 Å². The molecule has 0 spiro atoms. The Hall–Kier alpha value is -0.750. The van der Waals surface area contributed by atoms with Gasteiger partial charge in [-0.05, 0) is 31.5 Å². The van der Waals surface area contributed by atoms with Gasteiger partial charge in [-0.2, -0.15) is 0 Å². The van der Waals surface area contributed by atoms with Gasteiger partial charge in [-0.25, -0.2) is 0 Å². The van der Waals surface area contributed by atoms with Gasteiger partial charge < -0.3 is 10.2 Å². The average molecular weight is 213 g/mol. The van der Waals surface area contributed by atoms with Crippen LogP contribution < -0.4 is 10.2 Å². The highest BCUT2D eigenvalue weighted by Crippen LogP contribution is 2.24. The number of rotatable bonds is 3. The quantitative estimate of drug-likeness (QED) is 0.793. The molecule has 0 aromatic carbocycles. The number of hydrogen-bond donors (Lipinski definition) is 1. The molecule has 0 saturated carbocycles. The molecule has 1 aromatic rings. The molecule has 1 saturated heterocycles. The van der Waals surface area contributed by atoms with Crippen molar-refractivity contribution in [3.8, 4) is 0 Å². The van der Waals surface area contributed by atoms with E-state index in [1.165, 1.54) is 30.8 Å². The van der Waals surface area contributed by atoms with Crippen LogP contribution in [0.1, 0.15) is 19.3 Å². The third-order valence-corrected chi connectivity index (χ3v) is 3.24. The summed E-state index contributed by atoms with van der Waals surface area (Å²) >= 11 is 1.38. The summed E-state index contributed by atoms with van der Waals surface area (Å²) in [5.74, 6) is 0. The van der Waals surface area contributed by atoms with Gasteiger partial charge in [-0.15, -0.1) is 0 Å². The highest BCUT2D eigenvalue weighted by Gasteiger charge is 2.24. The topological polar surface area (TPSA) is 53.9 Å². The molecule has 1 aromatic heterocycles. The van der Waals surface area contributed by atoms with Gasteiger partial charge in [-0.3, -0.25) is 0 Å². The standard InChI is InChI=1S/C8H15N5S/c1-9-6-7-4-2-3-5-13(7)8-10-11-12-14-8/h7,9H,2-6H2,1H3. The first-order chi connectivity index (χ1) is 6.92. The van der Waals surface area contributed by atoms with Crippen molar-refractivity contribution in [1.29, 1.82) is 0 Å². The Morgan fingerprint density at radius 1 is 1.57 bits per heavy atom. The molecule has 2 rings (SSSR count). The Labute approximate surface area is 87.7 Å². The molecular formula is C8H15N5S. The summed E-state index contributed by atoms with van der Waals surface area (Å²) < 4.78 is 3.81. The first kappa shape index (κ1) is 9.79. The van der Waals surface area contributed by atoms with E-state index < -0.39 is 0 Å². The SMILES string of the molecule is CNCC1CCCCN1c1nnns1. The minimum atomic E-state index is 0.559. The first-order valence-corrected chi connectivity index (χ1v) is 5.75. The molecule has 0 aliphatic carbocycles. The largest absolute Gasteiger partial charge is 0.341 e. The van der Waals surface area contributed by atoms with Crippen LogP contribution in [-0.4, -0.2) is 41.0 Å². The lowest BCUT2D eigenvalue weighted by molar-refractivity contribution is 0.445. The lowest BCUT2D eigenvalue weighted by Gasteiger charge is -2.34. The molecule has 5 nitrogen and oxygen atoms in total. The molecule has 6 heteroatoms. The van der Waals surface area contributed by atoms with Gasteiger partial charge in [0, 0.05) is 30.7 Å². The number of hydrogen-bond acceptors (Lipinski definition) is 6. The van der Waals surface area contributed by atoms with Crippen molar-refractivity contribution in [1.82, 2.24) is 20.1 Å². The van der Waals surface area contributed by atoms with Crippen LogP contribution in [0.4, 0.5) is 5.13 Å². The van der Waals surface area contributed by atoms with Gasteiger partial charge in [0.1, 0.15) is 0 Å². The maximum absolute atomic E-state index is 4.03. The van der Waals surface area contributed by atoms with Crippen molar-refractivity contribution in [3.63, 3.8) is 0 Å². The number of piperidine rings is 1. The van der Waals surface area contributed by atoms with Crippen molar-refractivity contribution >= 4 is 16.7 Å². The van der Waals surface area contributed by atoms with Crippen LogP contribution >= 0.6 is 11.5 Å². The number of likely N-dealkylation sites (N-methyl/N-ethyl adjacent to an activating group) is 1. The van der Waals surface area contributed by atoms with Crippen LogP contribution in [0.2, 0.25) is 0 Å². The summed E-state index contributed by atoms with van der Waals surface area (Å²) in [7, 11) is 1.99. The van der Waals surface area contributed by atoms with Crippen molar-refractivity contribution < 1.29 is 0 Å². The Kier molecular flexibility index (Phi) is 3.26. The molecule has 1 aliphatic rings. The maximum atomic E-state index is 4.03. The summed E-state index contributed by atoms with van der Waals surface area (Å²) in [6, 6.07) is 0.559. The number of nitrogens with one attached hydrogen (secondary N) is 1. The minimum absolute atomic E-state index is 0.559. The second kappa shape index (κ2) is 4.65. The van der Waals surface area contributed by atoms with Gasteiger partial charge >= 0.3 is 0 Å². The second-order valence-electron chi connectivity index (χ2n) is 3.55. The van der Waals surface area contributed by atoms with E-state index >= 15 is 0 Å². The van der Waals surface area contributed by atoms with Crippen LogP contribution in [0.3, 0.4) is 0 Å². The monoisotopic (exact) mass is 213 g/mol. The van der Waals surface area contributed by atoms with Crippen molar-refractivity contribution in [2.75, 3.05) is 25.0 Å². The zero-order chi connectivity index (χ0) is 9.80. The van der Waals surface area contributed by atoms with Crippen LogP contribution in [-0.2, 0) is 0 Å². The zero-order valence-electron chi connectivity index (χ0n) is 8.31. The molecule has 1 N–H and O–H groups in total. The summed E-state index contributed by atoms with van der Waals surface area (Å²) in [4.78, 5) is 2.32. The predicted octanol–water partition coefficient (Wildman–Crippen LogP) is 0.511. The molecule has 0 radical (unpaired) electrons. The van der Waals surface area contributed by atoms with E-state index in [1.807, 2.05) is 7.05 Å². The molecule has 0 bridgehead atoms. The summed E-state index contributed by atoms with van der Waals surface area (Å²) in [6.45, 7) is 2.10. The Bertz CT molecular complexity index is 261. The lowest BCUT2D eigenvalue weighted by atomic mass is 10.0. The molecule has 1 fully saturated rings. The van der Waals surface area contributed by atoms with Gasteiger partial charge in [0.25, 0.3) is 0 Å². The Morgan fingerprint density at radius 3 is 3.21 bits per heavy atom. The van der Waals surface area contributed by atoms with Crippen molar-refractivity contribution in [3.05, 3.63) is 0 Å². The fraction of sp³-hybridized carbons (Fsp3) is 0.875. The predicted molar refractivity (Wildman–Crippen MR) is 56.6 cm³/mol. The van der Waals surface area contributed by atoms with E-state index in [4.69, 9.17) is 0 Å². The number of aromatic nitrogens is 3. The Balaban J connectivity index is 2.06. The van der Waals surface area contributed by atoms with E-state index in [0.717, 1.165) is 18.2 Å². The van der Waals surface area contributed by atoms with E-state index in [1.54, 1.807) is 0 Å². The number of anilines is 1. The fourth-order valence-corrected chi connectivity index (χ4v) is 2.50. The van der Waals surface area contributed by atoms with Crippen LogP contribution in [0.5, 0.6) is 0 Å². The van der Waals surface area contributed by atoms with Gasteiger partial charge in [0.15, 0.2) is 0 Å². The number of nitrogens with zero attached hydrogens (tertiary/aromatic N) is 4. The van der Waals surface area contributed by atoms with E-state index in [2.05, 4.69) is 25.0 Å². The maximum Gasteiger partial charge on any atom is 0.228 e. The molecule has 78 valence electrons. The molecule has 14 heavy (non-hydrogen) atoms. The third-order valence-electron chi connectivity index (χ3n) is 2.60. The lowest BCUT2D eigenvalue weighted by Crippen LogP contribution is -2.45. The molecule has 2 heterocycles. The average Bonchev–Trinajstić information content (AvgIpc) is 2.72. The van der Waals surface area contributed by atoms with E-state index in [9.17, 15) is 0 Å². The molecule has 0 amide bonds. The molecular weight excluding hydrogens is 198 g/mol. The fourth-order valence-electron chi connectivity index (χ4n) is 1.94. The first-order valence-electron chi connectivity index (χ1n) is 4.98. The third kappa shape index (κ3) is 2.01. The van der Waals surface area contributed by atoms with Crippen molar-refractivity contribution in [2.24, 2.45) is 0 Å². The molecule has 1 unspecified atom stereocenters. The molecule has 1 aliphatic heterocycles. The summed E-state index contributed by atoms with van der Waals surface area (Å²) in [5.41, 5.74) is 0. The van der Waals surface area contributed by atoms with Gasteiger partial charge in [0.2, 0.25) is 5.13 Å². The van der Waals surface area contributed by atoms with Crippen LogP contribution in [0.15, 0.2) is 0 Å². The van der Waals surface area contributed by atoms with E-state index in [0.29, 0.717) is 6.04 Å². The highest BCUT2D eigenvalue weighted by molar-refractivity contribution is 7.09. The minimum Gasteiger partial charge on any atom is -0.341 e. The zero-order valence-corrected chi connectivity index (χ0v) is 9.13. The highest BCUT2D eigenvalue weighted by atomic mass is 32.1. The second-order valence-corrected chi connectivity index (χ2v) is 4.26. The van der Waals surface area contributed by atoms with Gasteiger partial charge in [-0.1, -0.05) is 9.59 Å². The van der Waals surface area contributed by atoms with Crippen LogP contribution in [0, 0.1) is 0 Å². The van der Waals surface area contributed by atoms with E-state index in [-0.39, 0.29) is 0 Å². The summed E-state index contributed by atoms with van der Waals surface area (Å²) in [5, 5.41) is 11.9.